The van der Waals surface area contributed by atoms with Crippen molar-refractivity contribution in [3.63, 3.8) is 0 Å². The van der Waals surface area contributed by atoms with Crippen LogP contribution in [0.4, 0.5) is 0 Å². The van der Waals surface area contributed by atoms with Crippen molar-refractivity contribution in [3.8, 4) is 0 Å². The summed E-state index contributed by atoms with van der Waals surface area (Å²) >= 11 is 0. The highest BCUT2D eigenvalue weighted by atomic mass is 32.2. The topological polar surface area (TPSA) is 17.1 Å². The van der Waals surface area contributed by atoms with Crippen molar-refractivity contribution < 1.29 is 4.79 Å². The van der Waals surface area contributed by atoms with Gasteiger partial charge in [-0.25, -0.2) is 0 Å². The zero-order valence-electron chi connectivity index (χ0n) is 26.9. The van der Waals surface area contributed by atoms with Gasteiger partial charge in [0, 0.05) is 29.0 Å². The maximum absolute atomic E-state index is 11.9. The van der Waals surface area contributed by atoms with Crippen LogP contribution in [0.3, 0.4) is 0 Å². The van der Waals surface area contributed by atoms with Gasteiger partial charge in [0.1, 0.15) is 16.1 Å². The Bertz CT molecular complexity index is 1750. The molecular weight excluding hydrogens is 597 g/mol. The molecule has 0 bridgehead atoms. The molecule has 2 aliphatic rings. The molecule has 2 saturated carbocycles. The highest BCUT2D eigenvalue weighted by Gasteiger charge is 2.40. The summed E-state index contributed by atoms with van der Waals surface area (Å²) in [6.45, 7) is 0. The van der Waals surface area contributed by atoms with Crippen LogP contribution in [0.25, 0.3) is 32.3 Å². The maximum atomic E-state index is 11.9. The zero-order chi connectivity index (χ0) is 31.3. The van der Waals surface area contributed by atoms with Crippen LogP contribution in [0.15, 0.2) is 142 Å². The number of Topliss-reactive ketones (excluding diaryl/α,β-unsaturated/α-hetero) is 1. The van der Waals surface area contributed by atoms with Crippen molar-refractivity contribution in [1.29, 1.82) is 0 Å². The minimum atomic E-state index is -0.238. The highest BCUT2D eigenvalue weighted by molar-refractivity contribution is 7.98. The molecular formula is C43H44OS2+2. The van der Waals surface area contributed by atoms with Gasteiger partial charge in [0.2, 0.25) is 0 Å². The molecule has 232 valence electrons. The Hall–Kier alpha value is -3.53. The summed E-state index contributed by atoms with van der Waals surface area (Å²) in [6, 6.07) is 46.5. The predicted octanol–water partition coefficient (Wildman–Crippen LogP) is 11.3. The molecule has 0 saturated heterocycles. The number of hydrogen-bond donors (Lipinski definition) is 0. The van der Waals surface area contributed by atoms with E-state index in [0.29, 0.717) is 21.9 Å². The second kappa shape index (κ2) is 14.5. The molecule has 0 aromatic heterocycles. The van der Waals surface area contributed by atoms with Crippen molar-refractivity contribution >= 4 is 59.9 Å². The zero-order valence-corrected chi connectivity index (χ0v) is 28.5. The van der Waals surface area contributed by atoms with Crippen molar-refractivity contribution in [3.05, 3.63) is 127 Å². The van der Waals surface area contributed by atoms with Gasteiger partial charge in [-0.15, -0.1) is 0 Å². The molecule has 0 N–H and O–H groups in total. The van der Waals surface area contributed by atoms with E-state index < -0.39 is 0 Å². The van der Waals surface area contributed by atoms with Gasteiger partial charge in [-0.2, -0.15) is 0 Å². The molecule has 1 nitrogen and oxygen atoms in total. The number of hydrogen-bond acceptors (Lipinski definition) is 1. The van der Waals surface area contributed by atoms with Crippen LogP contribution in [0.5, 0.6) is 0 Å². The second-order valence-electron chi connectivity index (χ2n) is 12.8. The van der Waals surface area contributed by atoms with Crippen molar-refractivity contribution in [2.75, 3.05) is 6.26 Å². The largest absolute Gasteiger partial charge is 0.294 e. The standard InChI is InChI=1S/C30H21S.C13H23OS/c1-4-16-25-22(10-1)13-7-19-28(25)31(29-20-8-14-23-11-2-5-17-26(23)29)30-21-9-15-24-12-3-6-18-27(24)30;1-15(11-7-3-2-4-8-11)13-10-6-5-9-12(13)14/h1-21H;11,13H,2-10H2,1H3/q2*+1. The fourth-order valence-corrected chi connectivity index (χ4v) is 12.7. The molecule has 3 heteroatoms. The van der Waals surface area contributed by atoms with E-state index in [4.69, 9.17) is 0 Å². The van der Waals surface area contributed by atoms with Gasteiger partial charge in [0.05, 0.1) is 6.26 Å². The lowest BCUT2D eigenvalue weighted by molar-refractivity contribution is -0.119. The average molecular weight is 641 g/mol. The fraction of sp³-hybridized carbons (Fsp3) is 0.279. The lowest BCUT2D eigenvalue weighted by Crippen LogP contribution is -2.39. The molecule has 0 aliphatic heterocycles. The van der Waals surface area contributed by atoms with E-state index in [-0.39, 0.29) is 10.9 Å². The Balaban J connectivity index is 0.000000190. The molecule has 46 heavy (non-hydrogen) atoms. The lowest BCUT2D eigenvalue weighted by atomic mass is 9.99. The molecule has 0 amide bonds. The van der Waals surface area contributed by atoms with Gasteiger partial charge in [0.15, 0.2) is 25.7 Å². The Morgan fingerprint density at radius 2 is 0.891 bits per heavy atom. The fourth-order valence-electron chi connectivity index (χ4n) is 7.49. The summed E-state index contributed by atoms with van der Waals surface area (Å²) in [5.41, 5.74) is 0. The number of fused-ring (bicyclic) bond motifs is 3. The molecule has 8 rings (SSSR count). The Labute approximate surface area is 280 Å². The first kappa shape index (κ1) is 31.1. The third-order valence-electron chi connectivity index (χ3n) is 9.93. The molecule has 2 fully saturated rings. The Kier molecular flexibility index (Phi) is 9.79. The Morgan fingerprint density at radius 3 is 1.35 bits per heavy atom. The van der Waals surface area contributed by atoms with E-state index in [0.717, 1.165) is 18.1 Å². The molecule has 0 spiro atoms. The summed E-state index contributed by atoms with van der Waals surface area (Å²) in [6.07, 6.45) is 13.9. The monoisotopic (exact) mass is 640 g/mol. The molecule has 0 radical (unpaired) electrons. The quantitative estimate of drug-likeness (QED) is 0.171. The predicted molar refractivity (Wildman–Crippen MR) is 201 cm³/mol. The SMILES string of the molecule is C[S+](C1CCCCC1)C1CCCCC1=O.c1ccc2c([S+](c3cccc4ccccc34)c3cccc4ccccc34)cccc2c1. The minimum absolute atomic E-state index is 0.238. The van der Waals surface area contributed by atoms with E-state index in [1.54, 1.807) is 0 Å². The second-order valence-corrected chi connectivity index (χ2v) is 17.2. The number of carbonyl (C=O) groups excluding carboxylic acids is 1. The van der Waals surface area contributed by atoms with Crippen LogP contribution in [-0.2, 0) is 26.6 Å². The molecule has 2 unspecified atom stereocenters. The van der Waals surface area contributed by atoms with Crippen LogP contribution >= 0.6 is 0 Å². The number of carbonyl (C=O) groups is 1. The third-order valence-corrected chi connectivity index (χ3v) is 15.2. The molecule has 6 aromatic carbocycles. The average Bonchev–Trinajstić information content (AvgIpc) is 3.13. The van der Waals surface area contributed by atoms with E-state index in [9.17, 15) is 4.79 Å². The van der Waals surface area contributed by atoms with Crippen LogP contribution in [0.2, 0.25) is 0 Å². The van der Waals surface area contributed by atoms with Crippen molar-refractivity contribution in [1.82, 2.24) is 0 Å². The Morgan fingerprint density at radius 1 is 0.478 bits per heavy atom. The summed E-state index contributed by atoms with van der Waals surface area (Å²) < 4.78 is 0. The number of benzene rings is 6. The normalized spacial score (nSPS) is 18.0. The van der Waals surface area contributed by atoms with E-state index >= 15 is 0 Å². The van der Waals surface area contributed by atoms with Crippen LogP contribution in [-0.4, -0.2) is 22.5 Å². The van der Waals surface area contributed by atoms with Gasteiger partial charge < -0.3 is 0 Å². The first-order valence-electron chi connectivity index (χ1n) is 17.0. The number of rotatable bonds is 5. The van der Waals surface area contributed by atoms with Gasteiger partial charge in [-0.05, 0) is 102 Å². The van der Waals surface area contributed by atoms with E-state index in [2.05, 4.69) is 134 Å². The molecule has 0 heterocycles. The van der Waals surface area contributed by atoms with Crippen molar-refractivity contribution in [2.24, 2.45) is 0 Å². The van der Waals surface area contributed by atoms with Gasteiger partial charge in [-0.3, -0.25) is 4.79 Å². The van der Waals surface area contributed by atoms with Crippen LogP contribution in [0.1, 0.15) is 57.8 Å². The van der Waals surface area contributed by atoms with E-state index in [1.165, 1.54) is 91.9 Å². The van der Waals surface area contributed by atoms with Gasteiger partial charge in [0.25, 0.3) is 0 Å². The minimum Gasteiger partial charge on any atom is -0.294 e. The third kappa shape index (κ3) is 6.50. The van der Waals surface area contributed by atoms with Crippen LogP contribution < -0.4 is 0 Å². The first-order chi connectivity index (χ1) is 22.7. The molecule has 6 aromatic rings. The summed E-state index contributed by atoms with van der Waals surface area (Å²) in [7, 11) is 0.139. The highest BCUT2D eigenvalue weighted by Crippen LogP contribution is 2.41. The first-order valence-corrected chi connectivity index (χ1v) is 20.0. The molecule has 2 aliphatic carbocycles. The van der Waals surface area contributed by atoms with Gasteiger partial charge >= 0.3 is 0 Å². The van der Waals surface area contributed by atoms with Crippen LogP contribution in [0, 0.1) is 0 Å². The molecule has 2 atom stereocenters. The van der Waals surface area contributed by atoms with Gasteiger partial charge in [-0.1, -0.05) is 97.4 Å². The lowest BCUT2D eigenvalue weighted by Gasteiger charge is -2.27. The summed E-state index contributed by atoms with van der Waals surface area (Å²) in [4.78, 5) is 16.0. The van der Waals surface area contributed by atoms with Crippen molar-refractivity contribution in [2.45, 2.75) is 83.0 Å². The number of ketones is 1. The smallest absolute Gasteiger partial charge is 0.184 e. The van der Waals surface area contributed by atoms with E-state index in [1.807, 2.05) is 0 Å². The maximum Gasteiger partial charge on any atom is 0.184 e. The summed E-state index contributed by atoms with van der Waals surface area (Å²) in [5.74, 6) is 0.581. The summed E-state index contributed by atoms with van der Waals surface area (Å²) in [5, 5.41) is 9.18.